The maximum absolute atomic E-state index is 12.2. The number of amides is 1. The maximum atomic E-state index is 12.2. The summed E-state index contributed by atoms with van der Waals surface area (Å²) in [6.45, 7) is 0. The van der Waals surface area contributed by atoms with Crippen LogP contribution < -0.4 is 10.6 Å². The summed E-state index contributed by atoms with van der Waals surface area (Å²) in [6.07, 6.45) is 6.69. The molecule has 2 aliphatic rings. The van der Waals surface area contributed by atoms with Gasteiger partial charge in [0.2, 0.25) is 0 Å². The zero-order valence-electron chi connectivity index (χ0n) is 10.4. The molecule has 0 saturated carbocycles. The molecule has 5 nitrogen and oxygen atoms in total. The first-order chi connectivity index (χ1) is 9.29. The summed E-state index contributed by atoms with van der Waals surface area (Å²) in [5, 5.41) is 7.50. The lowest BCUT2D eigenvalue weighted by Gasteiger charge is -2.21. The Morgan fingerprint density at radius 3 is 3.21 bits per heavy atom. The Morgan fingerprint density at radius 1 is 1.47 bits per heavy atom. The number of fused-ring (bicyclic) bond motifs is 3. The minimum atomic E-state index is -0.113. The van der Waals surface area contributed by atoms with E-state index in [-0.39, 0.29) is 11.9 Å². The van der Waals surface area contributed by atoms with Gasteiger partial charge in [-0.25, -0.2) is 0 Å². The second-order valence-corrected chi connectivity index (χ2v) is 5.39. The third kappa shape index (κ3) is 1.81. The molecule has 2 aromatic heterocycles. The molecule has 2 aromatic rings. The van der Waals surface area contributed by atoms with Gasteiger partial charge in [0.15, 0.2) is 0 Å². The van der Waals surface area contributed by atoms with E-state index < -0.39 is 0 Å². The molecule has 0 radical (unpaired) electrons. The van der Waals surface area contributed by atoms with Crippen LogP contribution in [-0.4, -0.2) is 29.0 Å². The quantitative estimate of drug-likeness (QED) is 0.854. The largest absolute Gasteiger partial charge is 0.464 e. The SMILES string of the molecule is O=C(N[C@@H]1C[C@H]2CC[C@@H]1N2)c1cc2occc2cn1. The molecule has 98 valence electrons. The first-order valence-electron chi connectivity index (χ1n) is 6.70. The van der Waals surface area contributed by atoms with Crippen molar-refractivity contribution in [3.8, 4) is 0 Å². The summed E-state index contributed by atoms with van der Waals surface area (Å²) >= 11 is 0. The molecule has 2 bridgehead atoms. The molecule has 2 N–H and O–H groups in total. The average molecular weight is 257 g/mol. The fourth-order valence-electron chi connectivity index (χ4n) is 3.21. The van der Waals surface area contributed by atoms with Crippen LogP contribution in [-0.2, 0) is 0 Å². The number of furan rings is 1. The summed E-state index contributed by atoms with van der Waals surface area (Å²) in [4.78, 5) is 16.4. The van der Waals surface area contributed by atoms with Gasteiger partial charge >= 0.3 is 0 Å². The van der Waals surface area contributed by atoms with Crippen LogP contribution in [0.2, 0.25) is 0 Å². The van der Waals surface area contributed by atoms with Crippen LogP contribution >= 0.6 is 0 Å². The minimum Gasteiger partial charge on any atom is -0.464 e. The van der Waals surface area contributed by atoms with Gasteiger partial charge in [-0.3, -0.25) is 9.78 Å². The van der Waals surface area contributed by atoms with Crippen LogP contribution in [0.4, 0.5) is 0 Å². The van der Waals surface area contributed by atoms with Crippen molar-refractivity contribution in [3.63, 3.8) is 0 Å². The molecular formula is C14H15N3O2. The number of aromatic nitrogens is 1. The number of rotatable bonds is 2. The fourth-order valence-corrected chi connectivity index (χ4v) is 3.21. The van der Waals surface area contributed by atoms with E-state index >= 15 is 0 Å². The molecule has 2 aliphatic heterocycles. The lowest BCUT2D eigenvalue weighted by atomic mass is 9.95. The molecule has 19 heavy (non-hydrogen) atoms. The molecule has 5 heteroatoms. The monoisotopic (exact) mass is 257 g/mol. The number of nitrogens with one attached hydrogen (secondary N) is 2. The number of carbonyl (C=O) groups is 1. The molecule has 4 rings (SSSR count). The molecule has 0 unspecified atom stereocenters. The number of carbonyl (C=O) groups excluding carboxylic acids is 1. The van der Waals surface area contributed by atoms with E-state index in [9.17, 15) is 4.79 Å². The van der Waals surface area contributed by atoms with Crippen molar-refractivity contribution in [1.29, 1.82) is 0 Å². The van der Waals surface area contributed by atoms with E-state index in [1.54, 1.807) is 18.5 Å². The van der Waals surface area contributed by atoms with Gasteiger partial charge in [0.25, 0.3) is 5.91 Å². The first-order valence-corrected chi connectivity index (χ1v) is 6.70. The summed E-state index contributed by atoms with van der Waals surface area (Å²) in [5.41, 5.74) is 1.12. The summed E-state index contributed by atoms with van der Waals surface area (Å²) in [6, 6.07) is 4.78. The van der Waals surface area contributed by atoms with Crippen LogP contribution in [0.1, 0.15) is 29.8 Å². The third-order valence-electron chi connectivity index (χ3n) is 4.19. The highest BCUT2D eigenvalue weighted by Crippen LogP contribution is 2.28. The van der Waals surface area contributed by atoms with Crippen molar-refractivity contribution < 1.29 is 9.21 Å². The summed E-state index contributed by atoms with van der Waals surface area (Å²) in [7, 11) is 0. The second-order valence-electron chi connectivity index (χ2n) is 5.39. The van der Waals surface area contributed by atoms with Gasteiger partial charge in [0.1, 0.15) is 11.3 Å². The Balaban J connectivity index is 1.53. The van der Waals surface area contributed by atoms with Gasteiger partial charge < -0.3 is 15.1 Å². The molecule has 4 heterocycles. The Hall–Kier alpha value is -1.88. The number of pyridine rings is 1. The highest BCUT2D eigenvalue weighted by Gasteiger charge is 2.39. The number of hydrogen-bond donors (Lipinski definition) is 2. The normalized spacial score (nSPS) is 28.9. The van der Waals surface area contributed by atoms with Gasteiger partial charge in [0.05, 0.1) is 6.26 Å². The molecule has 0 aromatic carbocycles. The molecule has 1 amide bonds. The number of hydrogen-bond acceptors (Lipinski definition) is 4. The lowest BCUT2D eigenvalue weighted by molar-refractivity contribution is 0.0926. The second kappa shape index (κ2) is 4.06. The van der Waals surface area contributed by atoms with Gasteiger partial charge in [-0.15, -0.1) is 0 Å². The summed E-state index contributed by atoms with van der Waals surface area (Å²) < 4.78 is 5.30. The summed E-state index contributed by atoms with van der Waals surface area (Å²) in [5.74, 6) is -0.113. The van der Waals surface area contributed by atoms with Crippen LogP contribution in [0.3, 0.4) is 0 Å². The predicted octanol–water partition coefficient (Wildman–Crippen LogP) is 1.45. The van der Waals surface area contributed by atoms with Gasteiger partial charge in [-0.2, -0.15) is 0 Å². The Labute approximate surface area is 110 Å². The van der Waals surface area contributed by atoms with Gasteiger partial charge in [-0.05, 0) is 25.3 Å². The predicted molar refractivity (Wildman–Crippen MR) is 69.8 cm³/mol. The highest BCUT2D eigenvalue weighted by atomic mass is 16.3. The third-order valence-corrected chi connectivity index (χ3v) is 4.19. The van der Waals surface area contributed by atoms with E-state index in [0.29, 0.717) is 23.4 Å². The van der Waals surface area contributed by atoms with Gasteiger partial charge in [-0.1, -0.05) is 0 Å². The Bertz CT molecular complexity index is 636. The standard InChI is InChI=1S/C14H15N3O2/c18-14(17-11-5-9-1-2-10(11)16-9)12-6-13-8(7-15-12)3-4-19-13/h3-4,6-7,9-11,16H,1-2,5H2,(H,17,18)/t9-,10+,11-/m1/s1. The van der Waals surface area contributed by atoms with Crippen LogP contribution in [0.5, 0.6) is 0 Å². The Kier molecular flexibility index (Phi) is 2.35. The lowest BCUT2D eigenvalue weighted by Crippen LogP contribution is -2.43. The van der Waals surface area contributed by atoms with Crippen LogP contribution in [0, 0.1) is 0 Å². The maximum Gasteiger partial charge on any atom is 0.270 e. The van der Waals surface area contributed by atoms with Crippen molar-refractivity contribution in [2.45, 2.75) is 37.4 Å². The topological polar surface area (TPSA) is 67.2 Å². The smallest absolute Gasteiger partial charge is 0.270 e. The molecule has 2 saturated heterocycles. The minimum absolute atomic E-state index is 0.113. The van der Waals surface area contributed by atoms with Crippen molar-refractivity contribution in [2.75, 3.05) is 0 Å². The van der Waals surface area contributed by atoms with Crippen molar-refractivity contribution >= 4 is 16.9 Å². The van der Waals surface area contributed by atoms with E-state index in [0.717, 1.165) is 18.2 Å². The molecule has 3 atom stereocenters. The average Bonchev–Trinajstić information content (AvgIpc) is 3.13. The van der Waals surface area contributed by atoms with Crippen molar-refractivity contribution in [2.24, 2.45) is 0 Å². The zero-order valence-corrected chi connectivity index (χ0v) is 10.4. The fraction of sp³-hybridized carbons (Fsp3) is 0.429. The van der Waals surface area contributed by atoms with Crippen molar-refractivity contribution in [1.82, 2.24) is 15.6 Å². The molecule has 2 fully saturated rings. The van der Waals surface area contributed by atoms with E-state index in [2.05, 4.69) is 15.6 Å². The Morgan fingerprint density at radius 2 is 2.42 bits per heavy atom. The van der Waals surface area contributed by atoms with E-state index in [1.807, 2.05) is 6.07 Å². The first kappa shape index (κ1) is 11.0. The molecule has 0 aliphatic carbocycles. The highest BCUT2D eigenvalue weighted by molar-refractivity contribution is 5.95. The number of nitrogens with zero attached hydrogens (tertiary/aromatic N) is 1. The zero-order chi connectivity index (χ0) is 12.8. The van der Waals surface area contributed by atoms with Gasteiger partial charge in [0, 0.05) is 35.8 Å². The van der Waals surface area contributed by atoms with Crippen LogP contribution in [0.25, 0.3) is 11.0 Å². The van der Waals surface area contributed by atoms with Crippen LogP contribution in [0.15, 0.2) is 29.0 Å². The molecule has 0 spiro atoms. The van der Waals surface area contributed by atoms with Crippen molar-refractivity contribution in [3.05, 3.63) is 30.3 Å². The molecular weight excluding hydrogens is 242 g/mol. The van der Waals surface area contributed by atoms with E-state index in [1.165, 1.54) is 6.42 Å². The van der Waals surface area contributed by atoms with E-state index in [4.69, 9.17) is 4.42 Å².